The van der Waals surface area contributed by atoms with Gasteiger partial charge in [0.05, 0.1) is 6.10 Å². The minimum absolute atomic E-state index is 0.320. The Morgan fingerprint density at radius 2 is 2.00 bits per heavy atom. The SMILES string of the molecule is Cc1cc2c(c3ccccc13)NCCC2O. The monoisotopic (exact) mass is 213 g/mol. The average Bonchev–Trinajstić information content (AvgIpc) is 2.31. The molecule has 0 amide bonds. The summed E-state index contributed by atoms with van der Waals surface area (Å²) in [6.07, 6.45) is 0.477. The van der Waals surface area contributed by atoms with E-state index < -0.39 is 0 Å². The third-order valence-electron chi connectivity index (χ3n) is 3.36. The molecule has 1 unspecified atom stereocenters. The molecule has 16 heavy (non-hydrogen) atoms. The van der Waals surface area contributed by atoms with Crippen molar-refractivity contribution in [3.8, 4) is 0 Å². The van der Waals surface area contributed by atoms with Crippen molar-refractivity contribution in [3.63, 3.8) is 0 Å². The summed E-state index contributed by atoms with van der Waals surface area (Å²) < 4.78 is 0. The van der Waals surface area contributed by atoms with E-state index in [1.165, 1.54) is 16.3 Å². The Labute approximate surface area is 94.9 Å². The first-order chi connectivity index (χ1) is 7.77. The van der Waals surface area contributed by atoms with Crippen LogP contribution in [0.2, 0.25) is 0 Å². The molecule has 0 aromatic heterocycles. The van der Waals surface area contributed by atoms with Crippen LogP contribution >= 0.6 is 0 Å². The van der Waals surface area contributed by atoms with E-state index >= 15 is 0 Å². The number of fused-ring (bicyclic) bond motifs is 3. The van der Waals surface area contributed by atoms with Gasteiger partial charge in [-0.05, 0) is 24.3 Å². The summed E-state index contributed by atoms with van der Waals surface area (Å²) in [5.74, 6) is 0. The van der Waals surface area contributed by atoms with Crippen LogP contribution in [0, 0.1) is 6.92 Å². The number of aliphatic hydroxyl groups is 1. The first-order valence-electron chi connectivity index (χ1n) is 5.71. The molecule has 0 saturated heterocycles. The van der Waals surface area contributed by atoms with Crippen LogP contribution in [0.15, 0.2) is 30.3 Å². The van der Waals surface area contributed by atoms with Gasteiger partial charge >= 0.3 is 0 Å². The average molecular weight is 213 g/mol. The lowest BCUT2D eigenvalue weighted by Gasteiger charge is -2.25. The number of nitrogens with one attached hydrogen (secondary N) is 1. The topological polar surface area (TPSA) is 32.3 Å². The van der Waals surface area contributed by atoms with Gasteiger partial charge in [-0.1, -0.05) is 30.3 Å². The van der Waals surface area contributed by atoms with Crippen LogP contribution in [-0.4, -0.2) is 11.7 Å². The van der Waals surface area contributed by atoms with Gasteiger partial charge in [0.25, 0.3) is 0 Å². The molecule has 1 atom stereocenters. The zero-order chi connectivity index (χ0) is 11.1. The van der Waals surface area contributed by atoms with E-state index in [2.05, 4.69) is 36.5 Å². The molecule has 2 N–H and O–H groups in total. The lowest BCUT2D eigenvalue weighted by Crippen LogP contribution is -2.17. The highest BCUT2D eigenvalue weighted by molar-refractivity contribution is 5.98. The molecule has 1 heterocycles. The molecule has 3 rings (SSSR count). The van der Waals surface area contributed by atoms with E-state index in [1.54, 1.807) is 0 Å². The minimum atomic E-state index is -0.320. The van der Waals surface area contributed by atoms with E-state index in [-0.39, 0.29) is 6.10 Å². The number of aryl methyl sites for hydroxylation is 1. The van der Waals surface area contributed by atoms with E-state index in [0.29, 0.717) is 0 Å². The summed E-state index contributed by atoms with van der Waals surface area (Å²) in [5.41, 5.74) is 3.39. The zero-order valence-electron chi connectivity index (χ0n) is 9.33. The van der Waals surface area contributed by atoms with Gasteiger partial charge in [0.2, 0.25) is 0 Å². The molecule has 0 fully saturated rings. The molecule has 1 aliphatic rings. The number of anilines is 1. The van der Waals surface area contributed by atoms with Crippen molar-refractivity contribution in [2.75, 3.05) is 11.9 Å². The summed E-state index contributed by atoms with van der Waals surface area (Å²) in [5, 5.41) is 15.9. The lowest BCUT2D eigenvalue weighted by atomic mass is 9.93. The van der Waals surface area contributed by atoms with Gasteiger partial charge in [0.15, 0.2) is 0 Å². The van der Waals surface area contributed by atoms with Crippen LogP contribution in [0.5, 0.6) is 0 Å². The van der Waals surface area contributed by atoms with E-state index in [0.717, 1.165) is 24.2 Å². The summed E-state index contributed by atoms with van der Waals surface area (Å²) in [7, 11) is 0. The van der Waals surface area contributed by atoms with Crippen LogP contribution in [-0.2, 0) is 0 Å². The quantitative estimate of drug-likeness (QED) is 0.705. The van der Waals surface area contributed by atoms with Gasteiger partial charge in [0.1, 0.15) is 0 Å². The summed E-state index contributed by atoms with van der Waals surface area (Å²) in [6, 6.07) is 10.5. The van der Waals surface area contributed by atoms with Crippen molar-refractivity contribution in [3.05, 3.63) is 41.5 Å². The van der Waals surface area contributed by atoms with E-state index in [1.807, 2.05) is 6.07 Å². The molecule has 2 heteroatoms. The van der Waals surface area contributed by atoms with E-state index in [9.17, 15) is 5.11 Å². The number of hydrogen-bond donors (Lipinski definition) is 2. The van der Waals surface area contributed by atoms with E-state index in [4.69, 9.17) is 0 Å². The van der Waals surface area contributed by atoms with Crippen LogP contribution < -0.4 is 5.32 Å². The molecule has 0 aliphatic carbocycles. The Morgan fingerprint density at radius 3 is 2.81 bits per heavy atom. The van der Waals surface area contributed by atoms with Gasteiger partial charge < -0.3 is 10.4 Å². The standard InChI is InChI=1S/C14H15NO/c1-9-8-12-13(16)6-7-15-14(12)11-5-3-2-4-10(9)11/h2-5,8,13,15-16H,6-7H2,1H3. The Bertz CT molecular complexity index is 548. The van der Waals surface area contributed by atoms with Crippen LogP contribution in [0.1, 0.15) is 23.7 Å². The predicted octanol–water partition coefficient (Wildman–Crippen LogP) is 3.00. The fourth-order valence-electron chi connectivity index (χ4n) is 2.53. The maximum Gasteiger partial charge on any atom is 0.0827 e. The van der Waals surface area contributed by atoms with Crippen LogP contribution in [0.4, 0.5) is 5.69 Å². The van der Waals surface area contributed by atoms with Gasteiger partial charge in [0, 0.05) is 23.2 Å². The Hall–Kier alpha value is -1.54. The van der Waals surface area contributed by atoms with Crippen molar-refractivity contribution in [2.24, 2.45) is 0 Å². The molecule has 1 aliphatic heterocycles. The molecule has 0 saturated carbocycles. The van der Waals surface area contributed by atoms with Crippen LogP contribution in [0.25, 0.3) is 10.8 Å². The summed E-state index contributed by atoms with van der Waals surface area (Å²) in [4.78, 5) is 0. The zero-order valence-corrected chi connectivity index (χ0v) is 9.33. The highest BCUT2D eigenvalue weighted by Crippen LogP contribution is 2.37. The smallest absolute Gasteiger partial charge is 0.0827 e. The van der Waals surface area contributed by atoms with Crippen molar-refractivity contribution in [2.45, 2.75) is 19.4 Å². The Kier molecular flexibility index (Phi) is 2.11. The second-order valence-electron chi connectivity index (χ2n) is 4.43. The molecule has 0 bridgehead atoms. The fourth-order valence-corrected chi connectivity index (χ4v) is 2.53. The largest absolute Gasteiger partial charge is 0.388 e. The maximum absolute atomic E-state index is 10.0. The first kappa shape index (κ1) is 9.67. The van der Waals surface area contributed by atoms with Crippen molar-refractivity contribution in [1.29, 1.82) is 0 Å². The van der Waals surface area contributed by atoms with Gasteiger partial charge in [-0.25, -0.2) is 0 Å². The third-order valence-corrected chi connectivity index (χ3v) is 3.36. The molecule has 82 valence electrons. The highest BCUT2D eigenvalue weighted by Gasteiger charge is 2.20. The third kappa shape index (κ3) is 1.30. The molecule has 0 spiro atoms. The van der Waals surface area contributed by atoms with Gasteiger partial charge in [-0.3, -0.25) is 0 Å². The molecule has 2 aromatic carbocycles. The van der Waals surface area contributed by atoms with Gasteiger partial charge in [-0.2, -0.15) is 0 Å². The second-order valence-corrected chi connectivity index (χ2v) is 4.43. The number of benzene rings is 2. The van der Waals surface area contributed by atoms with Crippen molar-refractivity contribution < 1.29 is 5.11 Å². The fraction of sp³-hybridized carbons (Fsp3) is 0.286. The van der Waals surface area contributed by atoms with Crippen LogP contribution in [0.3, 0.4) is 0 Å². The summed E-state index contributed by atoms with van der Waals surface area (Å²) >= 11 is 0. The normalized spacial score (nSPS) is 19.2. The molecule has 2 aromatic rings. The second kappa shape index (κ2) is 3.49. The lowest BCUT2D eigenvalue weighted by molar-refractivity contribution is 0.168. The summed E-state index contributed by atoms with van der Waals surface area (Å²) in [6.45, 7) is 2.95. The molecular weight excluding hydrogens is 198 g/mol. The number of rotatable bonds is 0. The Morgan fingerprint density at radius 1 is 1.25 bits per heavy atom. The van der Waals surface area contributed by atoms with Crippen molar-refractivity contribution >= 4 is 16.5 Å². The molecular formula is C14H15NO. The molecule has 2 nitrogen and oxygen atoms in total. The number of aliphatic hydroxyl groups excluding tert-OH is 1. The molecule has 0 radical (unpaired) electrons. The first-order valence-corrected chi connectivity index (χ1v) is 5.71. The minimum Gasteiger partial charge on any atom is -0.388 e. The van der Waals surface area contributed by atoms with Crippen molar-refractivity contribution in [1.82, 2.24) is 0 Å². The maximum atomic E-state index is 10.0. The highest BCUT2D eigenvalue weighted by atomic mass is 16.3. The Balaban J connectivity index is 2.38. The predicted molar refractivity (Wildman–Crippen MR) is 66.8 cm³/mol. The number of hydrogen-bond acceptors (Lipinski definition) is 2. The van der Waals surface area contributed by atoms with Gasteiger partial charge in [-0.15, -0.1) is 0 Å².